The summed E-state index contributed by atoms with van der Waals surface area (Å²) in [6.45, 7) is 1.77. The zero-order valence-corrected chi connectivity index (χ0v) is 13.3. The standard InChI is InChI=1S/C16H24N2O2S/c19-15(13-8-11-3-4-12(13)7-11)18-10-21-9-14(18)16(20)17-5-1-2-6-17/h11-14H,1-10H2/t11-,12-,13-,14-/m0/s1. The van der Waals surface area contributed by atoms with E-state index in [-0.39, 0.29) is 23.8 Å². The fourth-order valence-corrected chi connectivity index (χ4v) is 5.93. The Morgan fingerprint density at radius 1 is 1.00 bits per heavy atom. The summed E-state index contributed by atoms with van der Waals surface area (Å²) in [5, 5.41) is 0. The van der Waals surface area contributed by atoms with E-state index in [0.29, 0.717) is 5.92 Å². The van der Waals surface area contributed by atoms with Crippen LogP contribution in [0.3, 0.4) is 0 Å². The number of carbonyl (C=O) groups is 2. The fraction of sp³-hybridized carbons (Fsp3) is 0.875. The fourth-order valence-electron chi connectivity index (χ4n) is 4.77. The average Bonchev–Trinajstić information content (AvgIpc) is 3.29. The number of nitrogens with zero attached hydrogens (tertiary/aromatic N) is 2. The van der Waals surface area contributed by atoms with Crippen LogP contribution in [0.2, 0.25) is 0 Å². The zero-order valence-electron chi connectivity index (χ0n) is 12.5. The van der Waals surface area contributed by atoms with Gasteiger partial charge in [-0.3, -0.25) is 9.59 Å². The minimum absolute atomic E-state index is 0.181. The monoisotopic (exact) mass is 308 g/mol. The van der Waals surface area contributed by atoms with Crippen LogP contribution in [-0.4, -0.2) is 52.4 Å². The predicted molar refractivity (Wildman–Crippen MR) is 82.7 cm³/mol. The highest BCUT2D eigenvalue weighted by Crippen LogP contribution is 2.49. The molecule has 0 unspecified atom stereocenters. The van der Waals surface area contributed by atoms with E-state index in [0.717, 1.165) is 49.9 Å². The van der Waals surface area contributed by atoms with Crippen molar-refractivity contribution in [1.82, 2.24) is 9.80 Å². The molecule has 4 rings (SSSR count). The number of hydrogen-bond acceptors (Lipinski definition) is 3. The van der Waals surface area contributed by atoms with Gasteiger partial charge < -0.3 is 9.80 Å². The normalized spacial score (nSPS) is 38.5. The molecule has 0 aromatic heterocycles. The van der Waals surface area contributed by atoms with Gasteiger partial charge in [0, 0.05) is 24.8 Å². The van der Waals surface area contributed by atoms with E-state index in [1.54, 1.807) is 11.8 Å². The number of rotatable bonds is 2. The van der Waals surface area contributed by atoms with Gasteiger partial charge in [-0.05, 0) is 43.9 Å². The van der Waals surface area contributed by atoms with Gasteiger partial charge in [0.1, 0.15) is 6.04 Å². The van der Waals surface area contributed by atoms with Crippen LogP contribution in [0.1, 0.15) is 38.5 Å². The molecular formula is C16H24N2O2S. The van der Waals surface area contributed by atoms with Gasteiger partial charge in [0.2, 0.25) is 11.8 Å². The third-order valence-electron chi connectivity index (χ3n) is 5.92. The Balaban J connectivity index is 1.45. The number of thioether (sulfide) groups is 1. The molecule has 4 nitrogen and oxygen atoms in total. The second-order valence-electron chi connectivity index (χ2n) is 7.14. The maximum atomic E-state index is 12.9. The molecule has 0 aromatic carbocycles. The van der Waals surface area contributed by atoms with E-state index in [2.05, 4.69) is 0 Å². The number of likely N-dealkylation sites (tertiary alicyclic amines) is 1. The highest BCUT2D eigenvalue weighted by Gasteiger charge is 2.47. The van der Waals surface area contributed by atoms with E-state index in [1.165, 1.54) is 19.3 Å². The van der Waals surface area contributed by atoms with Crippen molar-refractivity contribution >= 4 is 23.6 Å². The largest absolute Gasteiger partial charge is 0.341 e. The molecule has 4 fully saturated rings. The number of fused-ring (bicyclic) bond motifs is 2. The molecule has 0 N–H and O–H groups in total. The van der Waals surface area contributed by atoms with Crippen molar-refractivity contribution in [2.75, 3.05) is 24.7 Å². The van der Waals surface area contributed by atoms with E-state index in [1.807, 2.05) is 9.80 Å². The Labute approximate surface area is 130 Å². The lowest BCUT2D eigenvalue weighted by Gasteiger charge is -2.31. The van der Waals surface area contributed by atoms with Gasteiger partial charge in [-0.2, -0.15) is 0 Å². The molecule has 116 valence electrons. The van der Waals surface area contributed by atoms with E-state index in [4.69, 9.17) is 0 Å². The van der Waals surface area contributed by atoms with Crippen molar-refractivity contribution in [2.24, 2.45) is 17.8 Å². The van der Waals surface area contributed by atoms with Crippen LogP contribution < -0.4 is 0 Å². The second kappa shape index (κ2) is 5.49. The smallest absolute Gasteiger partial charge is 0.246 e. The minimum atomic E-state index is -0.181. The number of hydrogen-bond donors (Lipinski definition) is 0. The summed E-state index contributed by atoms with van der Waals surface area (Å²) in [7, 11) is 0. The summed E-state index contributed by atoms with van der Waals surface area (Å²) in [6, 6.07) is -0.181. The Morgan fingerprint density at radius 3 is 2.48 bits per heavy atom. The SMILES string of the molecule is O=C([C@@H]1CSCN1C(=O)[C@H]1C[C@H]2CC[C@H]1C2)N1CCCC1. The van der Waals surface area contributed by atoms with Crippen molar-refractivity contribution in [3.05, 3.63) is 0 Å². The van der Waals surface area contributed by atoms with Crippen molar-refractivity contribution in [2.45, 2.75) is 44.6 Å². The number of amides is 2. The molecule has 2 saturated carbocycles. The summed E-state index contributed by atoms with van der Waals surface area (Å²) < 4.78 is 0. The Kier molecular flexibility index (Phi) is 3.64. The molecule has 4 aliphatic rings. The summed E-state index contributed by atoms with van der Waals surface area (Å²) >= 11 is 1.74. The van der Waals surface area contributed by atoms with Gasteiger partial charge >= 0.3 is 0 Å². The lowest BCUT2D eigenvalue weighted by atomic mass is 9.87. The first-order valence-electron chi connectivity index (χ1n) is 8.41. The molecule has 2 heterocycles. The molecule has 2 amide bonds. The van der Waals surface area contributed by atoms with Crippen LogP contribution in [0.15, 0.2) is 0 Å². The van der Waals surface area contributed by atoms with Gasteiger partial charge in [-0.15, -0.1) is 11.8 Å². The number of carbonyl (C=O) groups excluding carboxylic acids is 2. The van der Waals surface area contributed by atoms with Crippen LogP contribution in [0.5, 0.6) is 0 Å². The van der Waals surface area contributed by atoms with Crippen LogP contribution in [0.25, 0.3) is 0 Å². The molecule has 4 atom stereocenters. The van der Waals surface area contributed by atoms with Crippen LogP contribution in [0.4, 0.5) is 0 Å². The van der Waals surface area contributed by atoms with Gasteiger partial charge in [-0.1, -0.05) is 6.42 Å². The quantitative estimate of drug-likeness (QED) is 0.783. The predicted octanol–water partition coefficient (Wildman–Crippen LogP) is 1.95. The molecule has 2 aliphatic carbocycles. The summed E-state index contributed by atoms with van der Waals surface area (Å²) in [6.07, 6.45) is 7.11. The van der Waals surface area contributed by atoms with Gasteiger partial charge in [0.25, 0.3) is 0 Å². The summed E-state index contributed by atoms with van der Waals surface area (Å²) in [5.41, 5.74) is 0. The summed E-state index contributed by atoms with van der Waals surface area (Å²) in [5.74, 6) is 3.61. The first-order valence-corrected chi connectivity index (χ1v) is 9.56. The molecule has 0 radical (unpaired) electrons. The van der Waals surface area contributed by atoms with Crippen LogP contribution >= 0.6 is 11.8 Å². The average molecular weight is 308 g/mol. The first kappa shape index (κ1) is 13.9. The molecular weight excluding hydrogens is 284 g/mol. The third-order valence-corrected chi connectivity index (χ3v) is 6.94. The van der Waals surface area contributed by atoms with Crippen molar-refractivity contribution in [3.63, 3.8) is 0 Å². The van der Waals surface area contributed by atoms with Gasteiger partial charge in [0.05, 0.1) is 5.88 Å². The van der Waals surface area contributed by atoms with E-state index >= 15 is 0 Å². The minimum Gasteiger partial charge on any atom is -0.341 e. The molecule has 0 spiro atoms. The lowest BCUT2D eigenvalue weighted by Crippen LogP contribution is -2.50. The van der Waals surface area contributed by atoms with Crippen molar-refractivity contribution in [1.29, 1.82) is 0 Å². The molecule has 5 heteroatoms. The Morgan fingerprint density at radius 2 is 1.81 bits per heavy atom. The van der Waals surface area contributed by atoms with Crippen molar-refractivity contribution < 1.29 is 9.59 Å². The van der Waals surface area contributed by atoms with Crippen LogP contribution in [0, 0.1) is 17.8 Å². The molecule has 21 heavy (non-hydrogen) atoms. The third kappa shape index (κ3) is 2.37. The van der Waals surface area contributed by atoms with Crippen LogP contribution in [-0.2, 0) is 9.59 Å². The Bertz CT molecular complexity index is 450. The zero-order chi connectivity index (χ0) is 14.4. The highest BCUT2D eigenvalue weighted by atomic mass is 32.2. The topological polar surface area (TPSA) is 40.6 Å². The van der Waals surface area contributed by atoms with E-state index in [9.17, 15) is 9.59 Å². The highest BCUT2D eigenvalue weighted by molar-refractivity contribution is 7.99. The van der Waals surface area contributed by atoms with E-state index < -0.39 is 0 Å². The maximum absolute atomic E-state index is 12.9. The Hall–Kier alpha value is -0.710. The van der Waals surface area contributed by atoms with Crippen molar-refractivity contribution in [3.8, 4) is 0 Å². The first-order chi connectivity index (χ1) is 10.2. The molecule has 2 bridgehead atoms. The maximum Gasteiger partial charge on any atom is 0.246 e. The lowest BCUT2D eigenvalue weighted by molar-refractivity contribution is -0.146. The summed E-state index contributed by atoms with van der Waals surface area (Å²) in [4.78, 5) is 29.4. The van der Waals surface area contributed by atoms with Gasteiger partial charge in [0.15, 0.2) is 0 Å². The molecule has 2 saturated heterocycles. The second-order valence-corrected chi connectivity index (χ2v) is 8.14. The molecule has 0 aromatic rings. The molecule has 2 aliphatic heterocycles. The van der Waals surface area contributed by atoms with Gasteiger partial charge in [-0.25, -0.2) is 0 Å².